The summed E-state index contributed by atoms with van der Waals surface area (Å²) < 4.78 is 53.0. The molecule has 3 N–H and O–H groups in total. The molecule has 0 unspecified atom stereocenters. The number of hydrogen-bond donors (Lipinski definition) is 2. The Morgan fingerprint density at radius 3 is 2.55 bits per heavy atom. The van der Waals surface area contributed by atoms with Gasteiger partial charge in [-0.3, -0.25) is 9.98 Å². The molecule has 0 amide bonds. The van der Waals surface area contributed by atoms with Crippen molar-refractivity contribution in [1.29, 1.82) is 5.41 Å². The van der Waals surface area contributed by atoms with Crippen LogP contribution in [0, 0.1) is 5.41 Å². The topological polar surface area (TPSA) is 85.6 Å². The van der Waals surface area contributed by atoms with E-state index < -0.39 is 12.1 Å². The fourth-order valence-electron chi connectivity index (χ4n) is 3.01. The van der Waals surface area contributed by atoms with E-state index in [1.54, 1.807) is 16.8 Å². The maximum atomic E-state index is 12.5. The van der Waals surface area contributed by atoms with Gasteiger partial charge in [-0.1, -0.05) is 11.6 Å². The summed E-state index contributed by atoms with van der Waals surface area (Å²) in [7, 11) is 0. The van der Waals surface area contributed by atoms with Gasteiger partial charge in [0.1, 0.15) is 23.6 Å². The summed E-state index contributed by atoms with van der Waals surface area (Å²) >= 11 is 7.33. The monoisotopic (exact) mass is 472 g/mol. The Morgan fingerprint density at radius 1 is 1.19 bits per heavy atom. The lowest BCUT2D eigenvalue weighted by Gasteiger charge is -2.15. The lowest BCUT2D eigenvalue weighted by Crippen LogP contribution is -2.33. The highest BCUT2D eigenvalue weighted by atomic mass is 35.5. The Labute approximate surface area is 185 Å². The van der Waals surface area contributed by atoms with Gasteiger partial charge in [-0.15, -0.1) is 13.2 Å². The zero-order valence-corrected chi connectivity index (χ0v) is 17.9. The Bertz CT molecular complexity index is 1070. The highest BCUT2D eigenvalue weighted by Gasteiger charge is 2.31. The average molecular weight is 473 g/mol. The molecule has 0 atom stereocenters. The molecule has 4 rings (SSSR count). The van der Waals surface area contributed by atoms with Crippen LogP contribution in [-0.4, -0.2) is 22.1 Å². The summed E-state index contributed by atoms with van der Waals surface area (Å²) in [6, 6.07) is 5.24. The van der Waals surface area contributed by atoms with Gasteiger partial charge in [-0.25, -0.2) is 0 Å². The fourth-order valence-corrected chi connectivity index (χ4v) is 3.91. The fraction of sp³-hybridized carbons (Fsp3) is 0.400. The van der Waals surface area contributed by atoms with Crippen LogP contribution in [0.25, 0.3) is 0 Å². The lowest BCUT2D eigenvalue weighted by atomic mass is 10.1. The predicted molar refractivity (Wildman–Crippen MR) is 112 cm³/mol. The Hall–Kier alpha value is -2.33. The smallest absolute Gasteiger partial charge is 0.489 e. The molecule has 2 aromatic rings. The minimum Gasteiger partial charge on any atom is -0.489 e. The largest absolute Gasteiger partial charge is 0.573 e. The molecule has 1 heterocycles. The SMILES string of the molecule is N=c1cc(COc2cc(Cl)cc(OC(F)(F)F)c2)c(C2CC2)cn1/C(N)=N/SC1CC1. The summed E-state index contributed by atoms with van der Waals surface area (Å²) in [5.74, 6) is 0.262. The van der Waals surface area contributed by atoms with Crippen LogP contribution in [-0.2, 0) is 6.61 Å². The van der Waals surface area contributed by atoms with Gasteiger partial charge in [-0.2, -0.15) is 4.40 Å². The maximum Gasteiger partial charge on any atom is 0.573 e. The van der Waals surface area contributed by atoms with E-state index in [-0.39, 0.29) is 28.8 Å². The molecule has 2 aliphatic rings. The van der Waals surface area contributed by atoms with Crippen molar-refractivity contribution < 1.29 is 22.6 Å². The molecular weight excluding hydrogens is 453 g/mol. The number of benzene rings is 1. The first-order chi connectivity index (χ1) is 14.7. The number of nitrogens with one attached hydrogen (secondary N) is 1. The van der Waals surface area contributed by atoms with Gasteiger partial charge >= 0.3 is 6.36 Å². The minimum atomic E-state index is -4.83. The van der Waals surface area contributed by atoms with E-state index in [1.807, 2.05) is 0 Å². The molecule has 166 valence electrons. The van der Waals surface area contributed by atoms with Crippen LogP contribution in [0.2, 0.25) is 5.02 Å². The van der Waals surface area contributed by atoms with Crippen molar-refractivity contribution in [1.82, 2.24) is 4.57 Å². The summed E-state index contributed by atoms with van der Waals surface area (Å²) in [6.45, 7) is 0.0677. The van der Waals surface area contributed by atoms with Gasteiger partial charge in [0.05, 0.1) is 0 Å². The third kappa shape index (κ3) is 6.10. The normalized spacial score (nSPS) is 17.0. The van der Waals surface area contributed by atoms with Crippen molar-refractivity contribution in [2.24, 2.45) is 10.1 Å². The number of rotatable bonds is 7. The van der Waals surface area contributed by atoms with Crippen molar-refractivity contribution in [3.8, 4) is 11.5 Å². The van der Waals surface area contributed by atoms with Crippen molar-refractivity contribution >= 4 is 29.5 Å². The molecule has 1 aromatic carbocycles. The van der Waals surface area contributed by atoms with Crippen molar-refractivity contribution in [3.05, 3.63) is 52.1 Å². The number of alkyl halides is 3. The number of aromatic nitrogens is 1. The predicted octanol–water partition coefficient (Wildman–Crippen LogP) is 4.95. The van der Waals surface area contributed by atoms with Crippen LogP contribution in [0.5, 0.6) is 11.5 Å². The van der Waals surface area contributed by atoms with Crippen LogP contribution >= 0.6 is 23.5 Å². The maximum absolute atomic E-state index is 12.5. The number of nitrogens with two attached hydrogens (primary N) is 1. The first-order valence-electron chi connectivity index (χ1n) is 9.67. The molecule has 0 saturated heterocycles. The van der Waals surface area contributed by atoms with E-state index in [0.29, 0.717) is 11.2 Å². The molecule has 1 aromatic heterocycles. The Balaban J connectivity index is 1.54. The molecule has 2 saturated carbocycles. The van der Waals surface area contributed by atoms with Crippen molar-refractivity contribution in [2.75, 3.05) is 0 Å². The number of ether oxygens (including phenoxy) is 2. The molecule has 31 heavy (non-hydrogen) atoms. The number of nitrogens with zero attached hydrogens (tertiary/aromatic N) is 2. The van der Waals surface area contributed by atoms with E-state index in [2.05, 4.69) is 9.13 Å². The van der Waals surface area contributed by atoms with Crippen LogP contribution < -0.4 is 20.7 Å². The van der Waals surface area contributed by atoms with Gasteiger partial charge in [0.15, 0.2) is 0 Å². The highest BCUT2D eigenvalue weighted by molar-refractivity contribution is 7.99. The van der Waals surface area contributed by atoms with Gasteiger partial charge < -0.3 is 15.2 Å². The summed E-state index contributed by atoms with van der Waals surface area (Å²) in [5, 5.41) is 8.89. The second kappa shape index (κ2) is 8.66. The second-order valence-electron chi connectivity index (χ2n) is 7.50. The average Bonchev–Trinajstić information content (AvgIpc) is 3.57. The third-order valence-electron chi connectivity index (χ3n) is 4.77. The van der Waals surface area contributed by atoms with Gasteiger partial charge in [0.25, 0.3) is 0 Å². The van der Waals surface area contributed by atoms with Crippen molar-refractivity contribution in [2.45, 2.75) is 49.8 Å². The van der Waals surface area contributed by atoms with E-state index in [0.717, 1.165) is 48.9 Å². The lowest BCUT2D eigenvalue weighted by molar-refractivity contribution is -0.274. The van der Waals surface area contributed by atoms with Gasteiger partial charge in [0, 0.05) is 22.5 Å². The quantitative estimate of drug-likeness (QED) is 0.339. The van der Waals surface area contributed by atoms with Crippen LogP contribution in [0.15, 0.2) is 34.9 Å². The van der Waals surface area contributed by atoms with E-state index in [9.17, 15) is 13.2 Å². The van der Waals surface area contributed by atoms with Crippen LogP contribution in [0.4, 0.5) is 13.2 Å². The molecule has 11 heteroatoms. The molecule has 2 aliphatic carbocycles. The zero-order chi connectivity index (χ0) is 22.2. The first-order valence-corrected chi connectivity index (χ1v) is 10.9. The van der Waals surface area contributed by atoms with Crippen molar-refractivity contribution in [3.63, 3.8) is 0 Å². The number of halogens is 4. The van der Waals surface area contributed by atoms with Gasteiger partial charge in [-0.05, 0) is 72.9 Å². The second-order valence-corrected chi connectivity index (χ2v) is 8.99. The Morgan fingerprint density at radius 2 is 1.90 bits per heavy atom. The van der Waals surface area contributed by atoms with E-state index in [4.69, 9.17) is 27.5 Å². The van der Waals surface area contributed by atoms with E-state index in [1.165, 1.54) is 18.0 Å². The van der Waals surface area contributed by atoms with E-state index >= 15 is 0 Å². The molecule has 0 bridgehead atoms. The first kappa shape index (κ1) is 21.9. The molecule has 0 aliphatic heterocycles. The molecule has 6 nitrogen and oxygen atoms in total. The highest BCUT2D eigenvalue weighted by Crippen LogP contribution is 2.41. The summed E-state index contributed by atoms with van der Waals surface area (Å²) in [5.41, 5.74) is 7.98. The Kier molecular flexibility index (Phi) is 6.11. The molecule has 0 spiro atoms. The molecule has 0 radical (unpaired) electrons. The standard InChI is InChI=1S/C20H20ClF3N4O2S/c21-13-6-14(8-15(7-13)30-20(22,23)24)29-10-12-5-18(25)28(9-17(12)11-1-2-11)19(26)27-31-16-3-4-16/h5-9,11,16,25H,1-4,10H2,(H2,26,27). The van der Waals surface area contributed by atoms with Crippen LogP contribution in [0.3, 0.4) is 0 Å². The van der Waals surface area contributed by atoms with Crippen LogP contribution in [0.1, 0.15) is 42.7 Å². The number of pyridine rings is 1. The summed E-state index contributed by atoms with van der Waals surface area (Å²) in [6.07, 6.45) is 1.26. The minimum absolute atomic E-state index is 0.0587. The molecular formula is C20H20ClF3N4O2S. The molecule has 2 fully saturated rings. The van der Waals surface area contributed by atoms with Gasteiger partial charge in [0.2, 0.25) is 5.96 Å². The summed E-state index contributed by atoms with van der Waals surface area (Å²) in [4.78, 5) is 0. The third-order valence-corrected chi connectivity index (χ3v) is 6.05. The zero-order valence-electron chi connectivity index (χ0n) is 16.3. The number of hydrogen-bond acceptors (Lipinski definition) is 5.